The molecule has 0 radical (unpaired) electrons. The molecule has 0 fully saturated rings. The first-order chi connectivity index (χ1) is 6.88. The number of pyridine rings is 1. The minimum atomic E-state index is 1.23. The number of hydrogen-bond acceptors (Lipinski definition) is 1. The van der Waals surface area contributed by atoms with Gasteiger partial charge in [0, 0.05) is 35.7 Å². The standard InChI is InChI=1S/C12H10N2/c1-14-11-5-3-2-4-9(11)10-8-13-7-6-12(10)14/h2-8H,1H3. The molecular weight excluding hydrogens is 172 g/mol. The second-order valence-electron chi connectivity index (χ2n) is 3.47. The maximum Gasteiger partial charge on any atom is 0.0519 e. The van der Waals surface area contributed by atoms with Crippen LogP contribution in [0.5, 0.6) is 0 Å². The lowest BCUT2D eigenvalue weighted by Gasteiger charge is -1.95. The summed E-state index contributed by atoms with van der Waals surface area (Å²) in [5.41, 5.74) is 2.50. The van der Waals surface area contributed by atoms with Gasteiger partial charge in [0.25, 0.3) is 0 Å². The van der Waals surface area contributed by atoms with E-state index in [4.69, 9.17) is 0 Å². The topological polar surface area (TPSA) is 17.8 Å². The molecule has 2 aromatic heterocycles. The Morgan fingerprint density at radius 1 is 1.00 bits per heavy atom. The van der Waals surface area contributed by atoms with Crippen molar-refractivity contribution in [2.24, 2.45) is 7.05 Å². The molecule has 0 aliphatic heterocycles. The number of nitrogens with zero attached hydrogens (tertiary/aromatic N) is 2. The zero-order chi connectivity index (χ0) is 9.54. The first kappa shape index (κ1) is 7.56. The Morgan fingerprint density at radius 3 is 2.71 bits per heavy atom. The molecule has 2 nitrogen and oxygen atoms in total. The van der Waals surface area contributed by atoms with Crippen molar-refractivity contribution in [2.45, 2.75) is 0 Å². The zero-order valence-electron chi connectivity index (χ0n) is 7.94. The minimum Gasteiger partial charge on any atom is -0.344 e. The van der Waals surface area contributed by atoms with Gasteiger partial charge in [-0.15, -0.1) is 0 Å². The van der Waals surface area contributed by atoms with E-state index in [-0.39, 0.29) is 0 Å². The van der Waals surface area contributed by atoms with Gasteiger partial charge in [0.2, 0.25) is 0 Å². The van der Waals surface area contributed by atoms with Crippen LogP contribution < -0.4 is 0 Å². The summed E-state index contributed by atoms with van der Waals surface area (Å²) in [6.07, 6.45) is 3.76. The van der Waals surface area contributed by atoms with Crippen molar-refractivity contribution in [3.05, 3.63) is 42.7 Å². The average molecular weight is 182 g/mol. The molecule has 0 aliphatic carbocycles. The summed E-state index contributed by atoms with van der Waals surface area (Å²) in [4.78, 5) is 4.16. The normalized spacial score (nSPS) is 11.2. The summed E-state index contributed by atoms with van der Waals surface area (Å²) >= 11 is 0. The quantitative estimate of drug-likeness (QED) is 0.522. The Kier molecular flexibility index (Phi) is 1.39. The third kappa shape index (κ3) is 0.826. The monoisotopic (exact) mass is 182 g/mol. The molecule has 3 aromatic rings. The van der Waals surface area contributed by atoms with E-state index < -0.39 is 0 Å². The number of rotatable bonds is 0. The van der Waals surface area contributed by atoms with Crippen molar-refractivity contribution < 1.29 is 0 Å². The van der Waals surface area contributed by atoms with Crippen LogP contribution in [0.2, 0.25) is 0 Å². The highest BCUT2D eigenvalue weighted by Gasteiger charge is 2.05. The number of hydrogen-bond donors (Lipinski definition) is 0. The van der Waals surface area contributed by atoms with Gasteiger partial charge in [-0.3, -0.25) is 4.98 Å². The van der Waals surface area contributed by atoms with Crippen LogP contribution in [0.4, 0.5) is 0 Å². The summed E-state index contributed by atoms with van der Waals surface area (Å²) in [6.45, 7) is 0. The molecular formula is C12H10N2. The number of fused-ring (bicyclic) bond motifs is 3. The molecule has 0 aliphatic rings. The summed E-state index contributed by atoms with van der Waals surface area (Å²) in [7, 11) is 2.09. The van der Waals surface area contributed by atoms with Crippen LogP contribution in [0.1, 0.15) is 0 Å². The van der Waals surface area contributed by atoms with Gasteiger partial charge in [0.15, 0.2) is 0 Å². The van der Waals surface area contributed by atoms with E-state index in [2.05, 4.69) is 46.9 Å². The predicted molar refractivity (Wildman–Crippen MR) is 58.2 cm³/mol. The van der Waals surface area contributed by atoms with Crippen molar-refractivity contribution >= 4 is 21.8 Å². The van der Waals surface area contributed by atoms with Crippen molar-refractivity contribution in [1.82, 2.24) is 9.55 Å². The molecule has 0 saturated carbocycles. The van der Waals surface area contributed by atoms with Crippen LogP contribution in [-0.2, 0) is 7.05 Å². The fraction of sp³-hybridized carbons (Fsp3) is 0.0833. The maximum atomic E-state index is 4.16. The van der Waals surface area contributed by atoms with E-state index in [1.54, 1.807) is 0 Å². The minimum absolute atomic E-state index is 1.23. The highest BCUT2D eigenvalue weighted by atomic mass is 14.9. The van der Waals surface area contributed by atoms with Gasteiger partial charge in [-0.1, -0.05) is 18.2 Å². The van der Waals surface area contributed by atoms with E-state index in [1.807, 2.05) is 12.4 Å². The third-order valence-electron chi connectivity index (χ3n) is 2.71. The number of para-hydroxylation sites is 1. The van der Waals surface area contributed by atoms with Crippen LogP contribution in [0.15, 0.2) is 42.7 Å². The fourth-order valence-corrected chi connectivity index (χ4v) is 2.01. The summed E-state index contributed by atoms with van der Waals surface area (Å²) in [6, 6.07) is 10.5. The molecule has 0 atom stereocenters. The lowest BCUT2D eigenvalue weighted by Crippen LogP contribution is -1.85. The molecule has 68 valence electrons. The lowest BCUT2D eigenvalue weighted by atomic mass is 10.2. The van der Waals surface area contributed by atoms with Crippen molar-refractivity contribution in [3.8, 4) is 0 Å². The second-order valence-corrected chi connectivity index (χ2v) is 3.47. The highest BCUT2D eigenvalue weighted by Crippen LogP contribution is 2.26. The molecule has 0 amide bonds. The van der Waals surface area contributed by atoms with Gasteiger partial charge < -0.3 is 4.57 Å². The molecule has 1 aromatic carbocycles. The molecule has 2 heterocycles. The van der Waals surface area contributed by atoms with Crippen LogP contribution in [0.3, 0.4) is 0 Å². The van der Waals surface area contributed by atoms with Crippen LogP contribution >= 0.6 is 0 Å². The molecule has 3 rings (SSSR count). The van der Waals surface area contributed by atoms with Gasteiger partial charge in [-0.05, 0) is 12.1 Å². The Morgan fingerprint density at radius 2 is 1.79 bits per heavy atom. The van der Waals surface area contributed by atoms with E-state index in [0.717, 1.165) is 0 Å². The van der Waals surface area contributed by atoms with Crippen LogP contribution in [0, 0.1) is 0 Å². The molecule has 2 heteroatoms. The Labute approximate surface area is 81.8 Å². The lowest BCUT2D eigenvalue weighted by molar-refractivity contribution is 1.01. The van der Waals surface area contributed by atoms with Gasteiger partial charge in [-0.2, -0.15) is 0 Å². The molecule has 0 unspecified atom stereocenters. The highest BCUT2D eigenvalue weighted by molar-refractivity contribution is 6.07. The fourth-order valence-electron chi connectivity index (χ4n) is 2.01. The predicted octanol–water partition coefficient (Wildman–Crippen LogP) is 2.73. The van der Waals surface area contributed by atoms with E-state index >= 15 is 0 Å². The number of benzene rings is 1. The first-order valence-electron chi connectivity index (χ1n) is 4.65. The summed E-state index contributed by atoms with van der Waals surface area (Å²) in [5.74, 6) is 0. The number of aromatic nitrogens is 2. The van der Waals surface area contributed by atoms with Crippen molar-refractivity contribution in [2.75, 3.05) is 0 Å². The smallest absolute Gasteiger partial charge is 0.0519 e. The molecule has 0 spiro atoms. The van der Waals surface area contributed by atoms with E-state index in [0.29, 0.717) is 0 Å². The maximum absolute atomic E-state index is 4.16. The zero-order valence-corrected chi connectivity index (χ0v) is 7.94. The van der Waals surface area contributed by atoms with Crippen LogP contribution in [0.25, 0.3) is 21.8 Å². The Bertz CT molecular complexity index is 555. The summed E-state index contributed by atoms with van der Waals surface area (Å²) < 4.78 is 2.20. The Balaban J connectivity index is 2.69. The summed E-state index contributed by atoms with van der Waals surface area (Å²) in [5, 5.41) is 2.50. The second kappa shape index (κ2) is 2.58. The van der Waals surface area contributed by atoms with E-state index in [1.165, 1.54) is 21.8 Å². The van der Waals surface area contributed by atoms with Crippen molar-refractivity contribution in [1.29, 1.82) is 0 Å². The molecule has 0 bridgehead atoms. The first-order valence-corrected chi connectivity index (χ1v) is 4.65. The third-order valence-corrected chi connectivity index (χ3v) is 2.71. The van der Waals surface area contributed by atoms with E-state index in [9.17, 15) is 0 Å². The van der Waals surface area contributed by atoms with Gasteiger partial charge in [0.1, 0.15) is 0 Å². The SMILES string of the molecule is Cn1c2ccccc2c2cnccc21. The van der Waals surface area contributed by atoms with Gasteiger partial charge in [-0.25, -0.2) is 0 Å². The Hall–Kier alpha value is -1.83. The average Bonchev–Trinajstić information content (AvgIpc) is 2.55. The van der Waals surface area contributed by atoms with Gasteiger partial charge in [0.05, 0.1) is 5.52 Å². The number of aryl methyl sites for hydroxylation is 1. The van der Waals surface area contributed by atoms with Gasteiger partial charge >= 0.3 is 0 Å². The van der Waals surface area contributed by atoms with Crippen molar-refractivity contribution in [3.63, 3.8) is 0 Å². The molecule has 0 N–H and O–H groups in total. The van der Waals surface area contributed by atoms with Crippen LogP contribution in [-0.4, -0.2) is 9.55 Å². The molecule has 14 heavy (non-hydrogen) atoms. The largest absolute Gasteiger partial charge is 0.344 e. The molecule has 0 saturated heterocycles.